The van der Waals surface area contributed by atoms with Gasteiger partial charge in [0.1, 0.15) is 0 Å². The summed E-state index contributed by atoms with van der Waals surface area (Å²) in [6.45, 7) is 2.64. The lowest BCUT2D eigenvalue weighted by Crippen LogP contribution is -2.32. The molecule has 0 N–H and O–H groups in total. The lowest BCUT2D eigenvalue weighted by atomic mass is 10.3. The van der Waals surface area contributed by atoms with E-state index in [1.165, 1.54) is 19.5 Å². The van der Waals surface area contributed by atoms with Crippen LogP contribution in [-0.4, -0.2) is 51.1 Å². The van der Waals surface area contributed by atoms with Gasteiger partial charge in [0.25, 0.3) is 0 Å². The van der Waals surface area contributed by atoms with E-state index < -0.39 is 0 Å². The predicted octanol–water partition coefficient (Wildman–Crippen LogP) is 0.500. The maximum absolute atomic E-state index is 2.31. The summed E-state index contributed by atoms with van der Waals surface area (Å²) in [5, 5.41) is 0. The molecule has 1 fully saturated rings. The summed E-state index contributed by atoms with van der Waals surface area (Å²) in [5.74, 6) is 0. The molecule has 0 atom stereocenters. The zero-order valence-corrected chi connectivity index (χ0v) is 7.02. The molecule has 2 heteroatoms. The van der Waals surface area contributed by atoms with Crippen molar-refractivity contribution in [3.63, 3.8) is 0 Å². The fraction of sp³-hybridized carbons (Fsp3) is 1.00. The molecule has 1 rings (SSSR count). The van der Waals surface area contributed by atoms with Crippen LogP contribution in [0.15, 0.2) is 0 Å². The van der Waals surface area contributed by atoms with Crippen molar-refractivity contribution in [3.05, 3.63) is 0 Å². The average Bonchev–Trinajstić information content (AvgIpc) is 1.59. The fourth-order valence-electron chi connectivity index (χ4n) is 0.474. The summed E-state index contributed by atoms with van der Waals surface area (Å²) < 4.78 is 0. The third kappa shape index (κ3) is 7.92. The molecule has 0 aliphatic carbocycles. The van der Waals surface area contributed by atoms with E-state index in [1.54, 1.807) is 0 Å². The number of nitrogens with zero attached hydrogens (tertiary/aromatic N) is 2. The highest BCUT2D eigenvalue weighted by Crippen LogP contribution is 1.98. The van der Waals surface area contributed by atoms with Gasteiger partial charge in [0, 0.05) is 0 Å². The molecule has 0 unspecified atom stereocenters. The van der Waals surface area contributed by atoms with Crippen LogP contribution in [0.5, 0.6) is 0 Å². The van der Waals surface area contributed by atoms with Crippen LogP contribution in [0.2, 0.25) is 0 Å². The molecule has 2 nitrogen and oxygen atoms in total. The Hall–Kier alpha value is -0.0800. The summed E-state index contributed by atoms with van der Waals surface area (Å²) >= 11 is 0. The van der Waals surface area contributed by atoms with E-state index in [0.717, 1.165) is 0 Å². The van der Waals surface area contributed by atoms with Crippen molar-refractivity contribution in [2.45, 2.75) is 6.42 Å². The van der Waals surface area contributed by atoms with E-state index in [2.05, 4.69) is 11.9 Å². The van der Waals surface area contributed by atoms with Crippen LogP contribution in [0.3, 0.4) is 0 Å². The van der Waals surface area contributed by atoms with Gasteiger partial charge in [0.2, 0.25) is 0 Å². The Morgan fingerprint density at radius 1 is 1.11 bits per heavy atom. The number of hydrogen-bond acceptors (Lipinski definition) is 2. The normalized spacial score (nSPS) is 18.3. The van der Waals surface area contributed by atoms with E-state index in [0.29, 0.717) is 0 Å². The van der Waals surface area contributed by atoms with Gasteiger partial charge in [0.15, 0.2) is 0 Å². The lowest BCUT2D eigenvalue weighted by Gasteiger charge is -2.24. The van der Waals surface area contributed by atoms with Crippen molar-refractivity contribution < 1.29 is 0 Å². The van der Waals surface area contributed by atoms with Gasteiger partial charge < -0.3 is 9.80 Å². The second-order valence-electron chi connectivity index (χ2n) is 3.00. The highest BCUT2D eigenvalue weighted by Gasteiger charge is 2.04. The molecule has 56 valence electrons. The van der Waals surface area contributed by atoms with Gasteiger partial charge in [-0.1, -0.05) is 0 Å². The first-order valence-corrected chi connectivity index (χ1v) is 3.42. The SMILES string of the molecule is CN(C)C.CN1CCC1. The monoisotopic (exact) mass is 130 g/mol. The van der Waals surface area contributed by atoms with Gasteiger partial charge in [0.05, 0.1) is 0 Å². The van der Waals surface area contributed by atoms with Crippen LogP contribution < -0.4 is 0 Å². The van der Waals surface area contributed by atoms with Crippen LogP contribution in [0.1, 0.15) is 6.42 Å². The smallest absolute Gasteiger partial charge is 0.000959 e. The molecule has 9 heavy (non-hydrogen) atoms. The van der Waals surface area contributed by atoms with Gasteiger partial charge in [-0.15, -0.1) is 0 Å². The Bertz CT molecular complexity index is 55.2. The Kier molecular flexibility index (Phi) is 4.72. The summed E-state index contributed by atoms with van der Waals surface area (Å²) in [7, 11) is 8.14. The predicted molar refractivity (Wildman–Crippen MR) is 41.7 cm³/mol. The van der Waals surface area contributed by atoms with Crippen molar-refractivity contribution in [1.29, 1.82) is 0 Å². The van der Waals surface area contributed by atoms with Crippen LogP contribution in [0, 0.1) is 0 Å². The van der Waals surface area contributed by atoms with Gasteiger partial charge in [-0.2, -0.15) is 0 Å². The third-order valence-corrected chi connectivity index (χ3v) is 1.08. The number of rotatable bonds is 0. The molecule has 1 saturated heterocycles. The highest BCUT2D eigenvalue weighted by molar-refractivity contribution is 4.61. The lowest BCUT2D eigenvalue weighted by molar-refractivity contribution is 0.229. The van der Waals surface area contributed by atoms with Crippen LogP contribution in [0.4, 0.5) is 0 Å². The van der Waals surface area contributed by atoms with E-state index >= 15 is 0 Å². The van der Waals surface area contributed by atoms with Crippen molar-refractivity contribution >= 4 is 0 Å². The van der Waals surface area contributed by atoms with Crippen molar-refractivity contribution in [2.24, 2.45) is 0 Å². The van der Waals surface area contributed by atoms with Gasteiger partial charge in [-0.05, 0) is 47.7 Å². The van der Waals surface area contributed by atoms with Gasteiger partial charge >= 0.3 is 0 Å². The second-order valence-corrected chi connectivity index (χ2v) is 3.00. The minimum Gasteiger partial charge on any atom is -0.312 e. The zero-order chi connectivity index (χ0) is 7.28. The molecule has 0 saturated carbocycles. The maximum Gasteiger partial charge on any atom is -0.000959 e. The number of hydrogen-bond donors (Lipinski definition) is 0. The molecule has 0 amide bonds. The summed E-state index contributed by atoms with van der Waals surface area (Å²) in [6.07, 6.45) is 1.41. The molecule has 0 aromatic carbocycles. The third-order valence-electron chi connectivity index (χ3n) is 1.08. The topological polar surface area (TPSA) is 6.48 Å². The minimum atomic E-state index is 1.32. The Labute approximate surface area is 58.4 Å². The quantitative estimate of drug-likeness (QED) is 0.471. The van der Waals surface area contributed by atoms with Crippen LogP contribution in [0.25, 0.3) is 0 Å². The maximum atomic E-state index is 2.31. The van der Waals surface area contributed by atoms with Gasteiger partial charge in [-0.25, -0.2) is 0 Å². The molecule has 0 spiro atoms. The Balaban J connectivity index is 0.000000148. The highest BCUT2D eigenvalue weighted by atomic mass is 15.1. The first-order valence-electron chi connectivity index (χ1n) is 3.42. The van der Waals surface area contributed by atoms with Crippen LogP contribution in [-0.2, 0) is 0 Å². The standard InChI is InChI=1S/C4H9N.C3H9N/c1-5-3-2-4-5;1-4(2)3/h2-4H2,1H3;1-3H3. The second kappa shape index (κ2) is 4.77. The van der Waals surface area contributed by atoms with Gasteiger partial charge in [-0.3, -0.25) is 0 Å². The number of likely N-dealkylation sites (tertiary alicyclic amines) is 1. The fourth-order valence-corrected chi connectivity index (χ4v) is 0.474. The van der Waals surface area contributed by atoms with E-state index in [4.69, 9.17) is 0 Å². The molecular formula is C7H18N2. The zero-order valence-electron chi connectivity index (χ0n) is 7.02. The van der Waals surface area contributed by atoms with Crippen molar-refractivity contribution in [1.82, 2.24) is 9.80 Å². The molecule has 0 aromatic heterocycles. The van der Waals surface area contributed by atoms with Crippen molar-refractivity contribution in [3.8, 4) is 0 Å². The van der Waals surface area contributed by atoms with Crippen LogP contribution >= 0.6 is 0 Å². The van der Waals surface area contributed by atoms with E-state index in [1.807, 2.05) is 26.0 Å². The summed E-state index contributed by atoms with van der Waals surface area (Å²) in [5.41, 5.74) is 0. The Morgan fingerprint density at radius 3 is 1.33 bits per heavy atom. The van der Waals surface area contributed by atoms with E-state index in [-0.39, 0.29) is 0 Å². The molecule has 1 aliphatic rings. The molecule has 1 heterocycles. The van der Waals surface area contributed by atoms with E-state index in [9.17, 15) is 0 Å². The summed E-state index contributed by atoms with van der Waals surface area (Å²) in [4.78, 5) is 4.31. The first kappa shape index (κ1) is 8.92. The summed E-state index contributed by atoms with van der Waals surface area (Å²) in [6, 6.07) is 0. The largest absolute Gasteiger partial charge is 0.312 e. The minimum absolute atomic E-state index is 1.32. The molecule has 0 bridgehead atoms. The van der Waals surface area contributed by atoms with Crippen molar-refractivity contribution in [2.75, 3.05) is 41.3 Å². The molecular weight excluding hydrogens is 112 g/mol. The Morgan fingerprint density at radius 2 is 1.33 bits per heavy atom. The first-order chi connectivity index (χ1) is 4.13. The molecule has 1 aliphatic heterocycles. The molecule has 0 aromatic rings. The molecule has 0 radical (unpaired) electrons. The average molecular weight is 130 g/mol.